The van der Waals surface area contributed by atoms with E-state index >= 15 is 0 Å². The molecule has 2 N–H and O–H groups in total. The lowest BCUT2D eigenvalue weighted by molar-refractivity contribution is -0.154. The number of carbonyl (C=O) groups excluding carboxylic acids is 2. The summed E-state index contributed by atoms with van der Waals surface area (Å²) in [5.41, 5.74) is 0.526. The van der Waals surface area contributed by atoms with Crippen LogP contribution in [0.4, 0.5) is 0 Å². The summed E-state index contributed by atoms with van der Waals surface area (Å²) in [7, 11) is 0. The molecule has 35 heavy (non-hydrogen) atoms. The van der Waals surface area contributed by atoms with E-state index < -0.39 is 35.6 Å². The van der Waals surface area contributed by atoms with Crippen LogP contribution >= 0.6 is 33.9 Å². The number of Topliss-reactive ketones (excluding diaryl/α,β-unsaturated/α-hetero) is 1. The predicted octanol–water partition coefficient (Wildman–Crippen LogP) is 4.69. The molecule has 1 unspecified atom stereocenters. The highest BCUT2D eigenvalue weighted by molar-refractivity contribution is 14.1. The van der Waals surface area contributed by atoms with E-state index in [1.807, 2.05) is 26.8 Å². The summed E-state index contributed by atoms with van der Waals surface area (Å²) in [5, 5.41) is 22.6. The van der Waals surface area contributed by atoms with E-state index in [1.54, 1.807) is 32.1 Å². The van der Waals surface area contributed by atoms with Crippen LogP contribution in [0, 0.1) is 27.1 Å². The molecule has 0 bridgehead atoms. The van der Waals surface area contributed by atoms with E-state index in [1.165, 1.54) is 0 Å². The van der Waals surface area contributed by atoms with Crippen molar-refractivity contribution in [2.45, 2.75) is 104 Å². The number of halogens is 1. The summed E-state index contributed by atoms with van der Waals surface area (Å²) in [6, 6.07) is 0. The quantitative estimate of drug-likeness (QED) is 0.281. The number of epoxide rings is 1. The Hall–Kier alpha value is -0.880. The molecule has 2 saturated heterocycles. The van der Waals surface area contributed by atoms with E-state index in [9.17, 15) is 19.8 Å². The second-order valence-corrected chi connectivity index (χ2v) is 13.7. The smallest absolute Gasteiger partial charge is 0.309 e. The predicted molar refractivity (Wildman–Crippen MR) is 144 cm³/mol. The number of hydrogen-bond acceptors (Lipinski definition) is 8. The zero-order valence-electron chi connectivity index (χ0n) is 21.4. The van der Waals surface area contributed by atoms with Crippen molar-refractivity contribution in [2.24, 2.45) is 17.3 Å². The highest BCUT2D eigenvalue weighted by Gasteiger charge is 2.44. The number of aliphatic hydroxyl groups is 2. The Labute approximate surface area is 225 Å². The number of ether oxygens (including phenoxy) is 2. The topological polar surface area (TPSA) is 109 Å². The van der Waals surface area contributed by atoms with E-state index in [4.69, 9.17) is 9.47 Å². The third kappa shape index (κ3) is 7.12. The molecule has 0 radical (unpaired) electrons. The van der Waals surface area contributed by atoms with Crippen LogP contribution in [0.5, 0.6) is 0 Å². The van der Waals surface area contributed by atoms with Crippen molar-refractivity contribution < 1.29 is 29.3 Å². The summed E-state index contributed by atoms with van der Waals surface area (Å²) in [4.78, 5) is 30.7. The summed E-state index contributed by atoms with van der Waals surface area (Å²) in [5.74, 6) is -1.52. The average Bonchev–Trinajstić information content (AvgIpc) is 3.44. The number of nitrogens with zero attached hydrogens (tertiary/aromatic N) is 1. The molecular formula is C26H38INO6S. The maximum absolute atomic E-state index is 13.2. The van der Waals surface area contributed by atoms with Gasteiger partial charge in [0, 0.05) is 12.3 Å². The molecular weight excluding hydrogens is 581 g/mol. The molecule has 0 aromatic carbocycles. The Bertz CT molecular complexity index is 960. The molecule has 0 saturated carbocycles. The van der Waals surface area contributed by atoms with Crippen molar-refractivity contribution in [3.05, 3.63) is 19.2 Å². The maximum atomic E-state index is 13.2. The minimum Gasteiger partial charge on any atom is -0.458 e. The number of carbonyl (C=O) groups is 2. The van der Waals surface area contributed by atoms with Gasteiger partial charge in [0.25, 0.3) is 0 Å². The SMILES string of the molecule is C/C(=C\c1nc(C)sc1I)[C@@H]1C[C@@H]2O[C@@H]2CCC[C@H](C)C(O)[C@@H](C)C(=O)C(C)(C)[C@@H](O)CC(=O)O1. The van der Waals surface area contributed by atoms with E-state index in [0.29, 0.717) is 6.42 Å². The van der Waals surface area contributed by atoms with Crippen LogP contribution in [0.3, 0.4) is 0 Å². The molecule has 7 nitrogen and oxygen atoms in total. The van der Waals surface area contributed by atoms with Crippen LogP contribution in [-0.2, 0) is 19.1 Å². The first kappa shape index (κ1) is 28.7. The number of hydrogen-bond donors (Lipinski definition) is 2. The van der Waals surface area contributed by atoms with E-state index in [0.717, 1.165) is 38.4 Å². The van der Waals surface area contributed by atoms with Gasteiger partial charge in [0.05, 0.1) is 49.8 Å². The van der Waals surface area contributed by atoms with Gasteiger partial charge in [0.15, 0.2) is 0 Å². The number of cyclic esters (lactones) is 1. The minimum absolute atomic E-state index is 0.00222. The van der Waals surface area contributed by atoms with Crippen molar-refractivity contribution in [3.63, 3.8) is 0 Å². The number of aromatic nitrogens is 1. The highest BCUT2D eigenvalue weighted by Crippen LogP contribution is 2.36. The number of fused-ring (bicyclic) bond motifs is 1. The Balaban J connectivity index is 1.84. The molecule has 3 rings (SSSR count). The molecule has 2 aliphatic rings. The Morgan fingerprint density at radius 2 is 1.89 bits per heavy atom. The van der Waals surface area contributed by atoms with E-state index in [-0.39, 0.29) is 30.3 Å². The normalized spacial score (nSPS) is 35.3. The fraction of sp³-hybridized carbons (Fsp3) is 0.731. The first-order valence-corrected chi connectivity index (χ1v) is 14.3. The standard InChI is InChI=1S/C26H38INO6S/c1-13-8-7-9-18-20(33-18)11-19(14(2)10-17-25(27)35-16(4)28-17)34-22(30)12-21(29)26(5,6)24(32)15(3)23(13)31/h10,13,15,18-21,23,29,31H,7-9,11-12H2,1-6H3/b14-10+/t13-,15+,18+,19-,20-,21-,23?/m0/s1. The molecule has 9 heteroatoms. The van der Waals surface area contributed by atoms with Crippen LogP contribution < -0.4 is 0 Å². The molecule has 196 valence electrons. The van der Waals surface area contributed by atoms with Gasteiger partial charge in [0.1, 0.15) is 11.9 Å². The van der Waals surface area contributed by atoms with Crippen molar-refractivity contribution in [1.29, 1.82) is 0 Å². The van der Waals surface area contributed by atoms with Gasteiger partial charge in [0.2, 0.25) is 0 Å². The van der Waals surface area contributed by atoms with Gasteiger partial charge in [-0.1, -0.05) is 34.1 Å². The zero-order valence-corrected chi connectivity index (χ0v) is 24.4. The molecule has 0 spiro atoms. The largest absolute Gasteiger partial charge is 0.458 e. The van der Waals surface area contributed by atoms with Crippen LogP contribution in [0.25, 0.3) is 6.08 Å². The molecule has 7 atom stereocenters. The van der Waals surface area contributed by atoms with Gasteiger partial charge in [-0.15, -0.1) is 11.3 Å². The molecule has 1 aromatic rings. The molecule has 2 fully saturated rings. The van der Waals surface area contributed by atoms with Gasteiger partial charge in [-0.2, -0.15) is 0 Å². The molecule has 0 amide bonds. The first-order chi connectivity index (χ1) is 16.3. The fourth-order valence-electron chi connectivity index (χ4n) is 4.82. The molecule has 2 aliphatic heterocycles. The van der Waals surface area contributed by atoms with Crippen LogP contribution in [0.15, 0.2) is 5.57 Å². The van der Waals surface area contributed by atoms with Gasteiger partial charge < -0.3 is 19.7 Å². The number of rotatable bonds is 2. The maximum Gasteiger partial charge on any atom is 0.309 e. The second kappa shape index (κ2) is 11.7. The lowest BCUT2D eigenvalue weighted by Crippen LogP contribution is -2.45. The lowest BCUT2D eigenvalue weighted by atomic mass is 9.73. The highest BCUT2D eigenvalue weighted by atomic mass is 127. The Morgan fingerprint density at radius 3 is 2.51 bits per heavy atom. The fourth-order valence-corrected chi connectivity index (χ4v) is 6.67. The Morgan fingerprint density at radius 1 is 1.20 bits per heavy atom. The zero-order chi connectivity index (χ0) is 26.1. The summed E-state index contributed by atoms with van der Waals surface area (Å²) < 4.78 is 12.8. The average molecular weight is 620 g/mol. The monoisotopic (exact) mass is 619 g/mol. The lowest BCUT2D eigenvalue weighted by Gasteiger charge is -2.34. The van der Waals surface area contributed by atoms with E-state index in [2.05, 4.69) is 27.6 Å². The first-order valence-electron chi connectivity index (χ1n) is 12.4. The number of aliphatic hydroxyl groups excluding tert-OH is 2. The van der Waals surface area contributed by atoms with Gasteiger partial charge in [-0.05, 0) is 66.8 Å². The summed E-state index contributed by atoms with van der Waals surface area (Å²) in [6.45, 7) is 10.8. The third-order valence-electron chi connectivity index (χ3n) is 7.48. The minimum atomic E-state index is -1.22. The van der Waals surface area contributed by atoms with Crippen molar-refractivity contribution in [3.8, 4) is 0 Å². The second-order valence-electron chi connectivity index (χ2n) is 10.7. The number of aryl methyl sites for hydroxylation is 1. The van der Waals surface area contributed by atoms with Crippen molar-refractivity contribution >= 4 is 51.8 Å². The summed E-state index contributed by atoms with van der Waals surface area (Å²) in [6.07, 6.45) is 2.28. The molecule has 0 aliphatic carbocycles. The number of thiazole rings is 1. The van der Waals surface area contributed by atoms with Crippen molar-refractivity contribution in [1.82, 2.24) is 4.98 Å². The van der Waals surface area contributed by atoms with Gasteiger partial charge >= 0.3 is 5.97 Å². The molecule has 1 aromatic heterocycles. The number of esters is 1. The third-order valence-corrected chi connectivity index (χ3v) is 9.47. The molecule has 3 heterocycles. The summed E-state index contributed by atoms with van der Waals surface area (Å²) >= 11 is 3.87. The van der Waals surface area contributed by atoms with Gasteiger partial charge in [-0.3, -0.25) is 9.59 Å². The van der Waals surface area contributed by atoms with Crippen LogP contribution in [-0.4, -0.2) is 57.5 Å². The van der Waals surface area contributed by atoms with Crippen LogP contribution in [0.1, 0.15) is 77.4 Å². The van der Waals surface area contributed by atoms with Gasteiger partial charge in [-0.25, -0.2) is 4.98 Å². The number of ketones is 1. The van der Waals surface area contributed by atoms with Crippen LogP contribution in [0.2, 0.25) is 0 Å². The van der Waals surface area contributed by atoms with Crippen molar-refractivity contribution in [2.75, 3.05) is 0 Å². The Kier molecular flexibility index (Phi) is 9.56.